The van der Waals surface area contributed by atoms with E-state index >= 15 is 0 Å². The van der Waals surface area contributed by atoms with E-state index in [9.17, 15) is 9.59 Å². The van der Waals surface area contributed by atoms with Crippen LogP contribution in [0.4, 0.5) is 0 Å². The summed E-state index contributed by atoms with van der Waals surface area (Å²) in [5.74, 6) is -0.306. The van der Waals surface area contributed by atoms with Gasteiger partial charge < -0.3 is 15.2 Å². The van der Waals surface area contributed by atoms with Crippen LogP contribution in [0.2, 0.25) is 0 Å². The highest BCUT2D eigenvalue weighted by atomic mass is 16.5. The summed E-state index contributed by atoms with van der Waals surface area (Å²) in [6, 6.07) is 6.34. The first kappa shape index (κ1) is 15.8. The van der Waals surface area contributed by atoms with Crippen LogP contribution in [0.1, 0.15) is 18.4 Å². The molecule has 1 atom stereocenters. The zero-order valence-electron chi connectivity index (χ0n) is 12.2. The Hall–Kier alpha value is -2.56. The minimum Gasteiger partial charge on any atom is -0.489 e. The second kappa shape index (κ2) is 8.02. The van der Waals surface area contributed by atoms with Crippen LogP contribution in [-0.4, -0.2) is 30.1 Å². The van der Waals surface area contributed by atoms with E-state index in [-0.39, 0.29) is 6.42 Å². The predicted octanol–water partition coefficient (Wildman–Crippen LogP) is 2.08. The number of carboxylic acids is 1. The van der Waals surface area contributed by atoms with Crippen LogP contribution >= 0.6 is 0 Å². The molecular weight excluding hydrogens is 282 g/mol. The Kier molecular flexibility index (Phi) is 5.77. The minimum absolute atomic E-state index is 0.240. The molecule has 116 valence electrons. The predicted molar refractivity (Wildman–Crippen MR) is 82.7 cm³/mol. The van der Waals surface area contributed by atoms with E-state index in [4.69, 9.17) is 9.84 Å². The second-order valence-electron chi connectivity index (χ2n) is 5.10. The third-order valence-electron chi connectivity index (χ3n) is 3.45. The van der Waals surface area contributed by atoms with Crippen LogP contribution < -0.4 is 10.1 Å². The maximum Gasteiger partial charge on any atom is 0.326 e. The molecule has 2 N–H and O–H groups in total. The third kappa shape index (κ3) is 4.77. The maximum absolute atomic E-state index is 11.0. The summed E-state index contributed by atoms with van der Waals surface area (Å²) < 4.78 is 5.71. The van der Waals surface area contributed by atoms with Crippen LogP contribution in [0, 0.1) is 0 Å². The summed E-state index contributed by atoms with van der Waals surface area (Å²) in [5, 5.41) is 11.3. The zero-order chi connectivity index (χ0) is 15.8. The van der Waals surface area contributed by atoms with E-state index in [0.29, 0.717) is 13.0 Å². The smallest absolute Gasteiger partial charge is 0.326 e. The van der Waals surface area contributed by atoms with Gasteiger partial charge in [0, 0.05) is 6.42 Å². The molecule has 0 heterocycles. The van der Waals surface area contributed by atoms with Crippen molar-refractivity contribution in [3.05, 3.63) is 53.6 Å². The molecule has 1 aliphatic rings. The van der Waals surface area contributed by atoms with E-state index in [1.165, 1.54) is 5.57 Å². The molecule has 0 spiro atoms. The normalized spacial score (nSPS) is 14.8. The van der Waals surface area contributed by atoms with Gasteiger partial charge >= 0.3 is 5.97 Å². The van der Waals surface area contributed by atoms with E-state index in [1.54, 1.807) is 0 Å². The number of nitrogens with one attached hydrogen (secondary N) is 1. The summed E-state index contributed by atoms with van der Waals surface area (Å²) in [6.45, 7) is 0.564. The number of benzene rings is 1. The van der Waals surface area contributed by atoms with Gasteiger partial charge in [-0.05, 0) is 36.1 Å². The maximum atomic E-state index is 11.0. The minimum atomic E-state index is -1.05. The van der Waals surface area contributed by atoms with Gasteiger partial charge in [0.1, 0.15) is 18.4 Å². The fourth-order valence-corrected chi connectivity index (χ4v) is 2.21. The van der Waals surface area contributed by atoms with Gasteiger partial charge in [0.15, 0.2) is 0 Å². The number of ether oxygens (including phenoxy) is 1. The van der Waals surface area contributed by atoms with Crippen LogP contribution in [-0.2, 0) is 16.0 Å². The standard InChI is InChI=1S/C17H19NO4/c19-12-18-16(17(20)21)10-13-6-8-15(9-7-13)22-11-14-4-2-1-3-5-14/h1-2,4,6-9,12,16H,3,5,10-11H2,(H,18,19)(H,20,21)/t16-/m0/s1. The van der Waals surface area contributed by atoms with Gasteiger partial charge in [-0.25, -0.2) is 4.79 Å². The number of hydrogen-bond donors (Lipinski definition) is 2. The Labute approximate surface area is 129 Å². The van der Waals surface area contributed by atoms with Gasteiger partial charge in [-0.1, -0.05) is 30.4 Å². The molecule has 1 aromatic rings. The third-order valence-corrected chi connectivity index (χ3v) is 3.45. The molecule has 0 radical (unpaired) electrons. The Morgan fingerprint density at radius 3 is 2.73 bits per heavy atom. The Balaban J connectivity index is 1.89. The van der Waals surface area contributed by atoms with Crippen molar-refractivity contribution in [1.82, 2.24) is 5.32 Å². The Morgan fingerprint density at radius 2 is 2.14 bits per heavy atom. The van der Waals surface area contributed by atoms with Crippen molar-refractivity contribution in [3.63, 3.8) is 0 Å². The number of allylic oxidation sites excluding steroid dienone is 3. The highest BCUT2D eigenvalue weighted by Crippen LogP contribution is 2.17. The summed E-state index contributed by atoms with van der Waals surface area (Å²) in [5.41, 5.74) is 2.08. The number of carboxylic acid groups (broad SMARTS) is 1. The van der Waals surface area contributed by atoms with E-state index in [0.717, 1.165) is 24.2 Å². The molecule has 0 unspecified atom stereocenters. The summed E-state index contributed by atoms with van der Waals surface area (Å²) >= 11 is 0. The first-order valence-electron chi connectivity index (χ1n) is 7.18. The number of rotatable bonds is 8. The summed E-state index contributed by atoms with van der Waals surface area (Å²) in [7, 11) is 0. The van der Waals surface area contributed by atoms with E-state index in [1.807, 2.05) is 30.3 Å². The van der Waals surface area contributed by atoms with Crippen molar-refractivity contribution in [3.8, 4) is 5.75 Å². The molecule has 5 nitrogen and oxygen atoms in total. The van der Waals surface area contributed by atoms with Crippen LogP contribution in [0.25, 0.3) is 0 Å². The topological polar surface area (TPSA) is 75.6 Å². The number of carbonyl (C=O) groups is 2. The molecule has 1 aromatic carbocycles. The molecule has 0 aromatic heterocycles. The number of carbonyl (C=O) groups excluding carboxylic acids is 1. The highest BCUT2D eigenvalue weighted by Gasteiger charge is 2.16. The number of aliphatic carboxylic acids is 1. The van der Waals surface area contributed by atoms with Gasteiger partial charge in [0.25, 0.3) is 0 Å². The Bertz CT molecular complexity index is 575. The van der Waals surface area contributed by atoms with Crippen LogP contribution in [0.5, 0.6) is 5.75 Å². The molecule has 0 aliphatic heterocycles. The van der Waals surface area contributed by atoms with Crippen molar-refractivity contribution in [2.24, 2.45) is 0 Å². The molecule has 0 bridgehead atoms. The van der Waals surface area contributed by atoms with E-state index < -0.39 is 12.0 Å². The average Bonchev–Trinajstić information content (AvgIpc) is 2.54. The molecule has 0 saturated heterocycles. The molecule has 1 aliphatic carbocycles. The summed E-state index contributed by atoms with van der Waals surface area (Å²) in [4.78, 5) is 21.4. The number of amides is 1. The molecule has 22 heavy (non-hydrogen) atoms. The van der Waals surface area contributed by atoms with Crippen molar-refractivity contribution in [2.45, 2.75) is 25.3 Å². The first-order chi connectivity index (χ1) is 10.7. The molecule has 5 heteroatoms. The first-order valence-corrected chi connectivity index (χ1v) is 7.18. The lowest BCUT2D eigenvalue weighted by Crippen LogP contribution is -2.37. The molecular formula is C17H19NO4. The lowest BCUT2D eigenvalue weighted by molar-refractivity contribution is -0.140. The zero-order valence-corrected chi connectivity index (χ0v) is 12.2. The molecule has 0 fully saturated rings. The van der Waals surface area contributed by atoms with Gasteiger partial charge in [-0.15, -0.1) is 0 Å². The van der Waals surface area contributed by atoms with Gasteiger partial charge in [-0.3, -0.25) is 4.79 Å². The quantitative estimate of drug-likeness (QED) is 0.721. The molecule has 1 amide bonds. The van der Waals surface area contributed by atoms with Crippen molar-refractivity contribution < 1.29 is 19.4 Å². The van der Waals surface area contributed by atoms with Crippen molar-refractivity contribution in [1.29, 1.82) is 0 Å². The number of hydrogen-bond acceptors (Lipinski definition) is 3. The van der Waals surface area contributed by atoms with Crippen molar-refractivity contribution >= 4 is 12.4 Å². The van der Waals surface area contributed by atoms with Crippen LogP contribution in [0.15, 0.2) is 48.1 Å². The fourth-order valence-electron chi connectivity index (χ4n) is 2.21. The van der Waals surface area contributed by atoms with Gasteiger partial charge in [0.05, 0.1) is 0 Å². The SMILES string of the molecule is O=CN[C@@H](Cc1ccc(OCC2=CC=CCC2)cc1)C(=O)O. The largest absolute Gasteiger partial charge is 0.489 e. The Morgan fingerprint density at radius 1 is 1.36 bits per heavy atom. The fraction of sp³-hybridized carbons (Fsp3) is 0.294. The average molecular weight is 301 g/mol. The molecule has 2 rings (SSSR count). The van der Waals surface area contributed by atoms with Gasteiger partial charge in [-0.2, -0.15) is 0 Å². The summed E-state index contributed by atoms with van der Waals surface area (Å²) in [6.07, 6.45) is 8.95. The second-order valence-corrected chi connectivity index (χ2v) is 5.10. The molecule has 0 saturated carbocycles. The van der Waals surface area contributed by atoms with Gasteiger partial charge in [0.2, 0.25) is 6.41 Å². The monoisotopic (exact) mass is 301 g/mol. The lowest BCUT2D eigenvalue weighted by Gasteiger charge is -2.13. The van der Waals surface area contributed by atoms with Crippen molar-refractivity contribution in [2.75, 3.05) is 6.61 Å². The van der Waals surface area contributed by atoms with E-state index in [2.05, 4.69) is 17.5 Å². The lowest BCUT2D eigenvalue weighted by atomic mass is 10.1. The van der Waals surface area contributed by atoms with Crippen LogP contribution in [0.3, 0.4) is 0 Å². The highest BCUT2D eigenvalue weighted by molar-refractivity contribution is 5.76.